The summed E-state index contributed by atoms with van der Waals surface area (Å²) in [5, 5.41) is 0. The molecule has 2 aromatic carbocycles. The van der Waals surface area contributed by atoms with Gasteiger partial charge in [-0.05, 0) is 0 Å². The van der Waals surface area contributed by atoms with E-state index in [1.807, 2.05) is 0 Å². The maximum atomic E-state index is 12.4. The van der Waals surface area contributed by atoms with Crippen LogP contribution in [-0.2, 0) is 24.6 Å². The summed E-state index contributed by atoms with van der Waals surface area (Å²) >= 11 is -4.70. The molecule has 0 unspecified atom stereocenters. The van der Waals surface area contributed by atoms with Gasteiger partial charge in [0.25, 0.3) is 0 Å². The third kappa shape index (κ3) is 9.80. The van der Waals surface area contributed by atoms with Gasteiger partial charge in [0.15, 0.2) is 0 Å². The van der Waals surface area contributed by atoms with Crippen molar-refractivity contribution in [1.29, 1.82) is 0 Å². The second-order valence-corrected chi connectivity index (χ2v) is 15.2. The molecule has 0 amide bonds. The van der Waals surface area contributed by atoms with Gasteiger partial charge in [-0.25, -0.2) is 0 Å². The van der Waals surface area contributed by atoms with Crippen LogP contribution in [0.5, 0.6) is 11.5 Å². The Morgan fingerprint density at radius 2 is 0.970 bits per heavy atom. The van der Waals surface area contributed by atoms with Gasteiger partial charge in [0.1, 0.15) is 0 Å². The summed E-state index contributed by atoms with van der Waals surface area (Å²) in [7, 11) is 0. The van der Waals surface area contributed by atoms with E-state index in [0.717, 1.165) is 38.1 Å². The second-order valence-electron chi connectivity index (χ2n) is 6.84. The summed E-state index contributed by atoms with van der Waals surface area (Å²) < 4.78 is 92.7. The van der Waals surface area contributed by atoms with Crippen molar-refractivity contribution in [3.63, 3.8) is 0 Å². The standard InChI is InChI=1S/2C8H6F3O.2C2H4O2.Sn/c2*1-6-2-4-7(5-3-6)12-8(9,10)11;2*1-2(3)4;/h2*2-5H,1H2;2*1H3,(H,3,4);/q;;;;+2/p-2. The fourth-order valence-electron chi connectivity index (χ4n) is 2.99. The first-order chi connectivity index (χ1) is 15.1. The van der Waals surface area contributed by atoms with E-state index in [4.69, 9.17) is 6.15 Å². The number of benzene rings is 2. The number of carbonyl (C=O) groups excluding carboxylic acids is 2. The van der Waals surface area contributed by atoms with Crippen molar-refractivity contribution >= 4 is 31.1 Å². The number of ether oxygens (including phenoxy) is 2. The average Bonchev–Trinajstić information content (AvgIpc) is 2.61. The third-order valence-corrected chi connectivity index (χ3v) is 13.1. The molecule has 0 aromatic heterocycles. The molecule has 6 nitrogen and oxygen atoms in total. The van der Waals surface area contributed by atoms with Crippen molar-refractivity contribution in [3.8, 4) is 11.5 Å². The summed E-state index contributed by atoms with van der Waals surface area (Å²) in [6, 6.07) is 9.46. The van der Waals surface area contributed by atoms with E-state index in [-0.39, 0.29) is 8.87 Å². The Kier molecular flexibility index (Phi) is 8.49. The number of halogens is 6. The first-order valence-corrected chi connectivity index (χ1v) is 15.6. The Morgan fingerprint density at radius 1 is 0.667 bits per heavy atom. The Labute approximate surface area is 189 Å². The van der Waals surface area contributed by atoms with Gasteiger partial charge in [-0.3, -0.25) is 0 Å². The van der Waals surface area contributed by atoms with Crippen LogP contribution < -0.4 is 9.47 Å². The van der Waals surface area contributed by atoms with Crippen molar-refractivity contribution in [2.45, 2.75) is 35.4 Å². The molecule has 0 atom stereocenters. The molecule has 0 N–H and O–H groups in total. The minimum absolute atomic E-state index is 0.0546. The first-order valence-electron chi connectivity index (χ1n) is 9.23. The van der Waals surface area contributed by atoms with Crippen LogP contribution in [0.15, 0.2) is 48.5 Å². The average molecular weight is 587 g/mol. The van der Waals surface area contributed by atoms with E-state index < -0.39 is 55.4 Å². The molecule has 33 heavy (non-hydrogen) atoms. The topological polar surface area (TPSA) is 71.1 Å². The van der Waals surface area contributed by atoms with Crippen molar-refractivity contribution in [3.05, 3.63) is 59.7 Å². The molecule has 0 radical (unpaired) electrons. The van der Waals surface area contributed by atoms with Gasteiger partial charge >= 0.3 is 189 Å². The molecule has 13 heteroatoms. The normalized spacial score (nSPS) is 12.1. The number of hydrogen-bond donors (Lipinski definition) is 0. The summed E-state index contributed by atoms with van der Waals surface area (Å²) in [4.78, 5) is 23.6. The quantitative estimate of drug-likeness (QED) is 0.323. The molecule has 0 saturated carbocycles. The number of hydrogen-bond acceptors (Lipinski definition) is 6. The second kappa shape index (κ2) is 10.5. The monoisotopic (exact) mass is 588 g/mol. The van der Waals surface area contributed by atoms with Gasteiger partial charge in [0.2, 0.25) is 0 Å². The van der Waals surface area contributed by atoms with Crippen LogP contribution in [0.3, 0.4) is 0 Å². The molecule has 0 aliphatic carbocycles. The summed E-state index contributed by atoms with van der Waals surface area (Å²) in [6.07, 6.45) is -9.75. The molecule has 0 aliphatic heterocycles. The Hall–Kier alpha value is -2.64. The Morgan fingerprint density at radius 3 is 1.21 bits per heavy atom. The van der Waals surface area contributed by atoms with Crippen LogP contribution in [-0.4, -0.2) is 43.9 Å². The SMILES string of the molecule is CC(=O)[O][Sn]([CH2]c1ccc(OC(F)(F)F)cc1)([CH2]c1ccc(OC(F)(F)F)cc1)[O]C(C)=O. The fourth-order valence-corrected chi connectivity index (χ4v) is 12.2. The molecule has 0 bridgehead atoms. The van der Waals surface area contributed by atoms with Gasteiger partial charge in [-0.2, -0.15) is 0 Å². The Bertz CT molecular complexity index is 877. The minimum atomic E-state index is -4.87. The summed E-state index contributed by atoms with van der Waals surface area (Å²) in [6.45, 7) is 2.21. The molecule has 2 rings (SSSR count). The van der Waals surface area contributed by atoms with Crippen molar-refractivity contribution in [2.75, 3.05) is 0 Å². The summed E-state index contributed by atoms with van der Waals surface area (Å²) in [5.74, 6) is -2.40. The zero-order chi connectivity index (χ0) is 24.9. The Balaban J connectivity index is 2.32. The molecule has 0 aliphatic rings. The van der Waals surface area contributed by atoms with Gasteiger partial charge < -0.3 is 0 Å². The number of alkyl halides is 6. The van der Waals surface area contributed by atoms with E-state index in [9.17, 15) is 35.9 Å². The predicted octanol–water partition coefficient (Wildman–Crippen LogP) is 4.92. The van der Waals surface area contributed by atoms with Crippen LogP contribution in [0.2, 0.25) is 0 Å². The van der Waals surface area contributed by atoms with Gasteiger partial charge in [-0.15, -0.1) is 0 Å². The van der Waals surface area contributed by atoms with Gasteiger partial charge in [0, 0.05) is 0 Å². The molecule has 180 valence electrons. The molecular weight excluding hydrogens is 569 g/mol. The zero-order valence-electron chi connectivity index (χ0n) is 17.3. The van der Waals surface area contributed by atoms with E-state index >= 15 is 0 Å². The fraction of sp³-hybridized carbons (Fsp3) is 0.300. The van der Waals surface area contributed by atoms with Crippen LogP contribution >= 0.6 is 0 Å². The predicted molar refractivity (Wildman–Crippen MR) is 103 cm³/mol. The van der Waals surface area contributed by atoms with Gasteiger partial charge in [0.05, 0.1) is 0 Å². The van der Waals surface area contributed by atoms with Crippen molar-refractivity contribution < 1.29 is 51.6 Å². The first kappa shape index (κ1) is 26.6. The zero-order valence-corrected chi connectivity index (χ0v) is 20.1. The van der Waals surface area contributed by atoms with Crippen LogP contribution in [0.25, 0.3) is 0 Å². The van der Waals surface area contributed by atoms with E-state index in [2.05, 4.69) is 9.47 Å². The maximum absolute atomic E-state index is 12.4. The van der Waals surface area contributed by atoms with E-state index in [1.165, 1.54) is 24.3 Å². The van der Waals surface area contributed by atoms with Gasteiger partial charge in [-0.1, -0.05) is 0 Å². The molecule has 0 fully saturated rings. The number of carbonyl (C=O) groups is 2. The van der Waals surface area contributed by atoms with E-state index in [0.29, 0.717) is 11.1 Å². The molecule has 0 heterocycles. The molecule has 0 spiro atoms. The van der Waals surface area contributed by atoms with E-state index in [1.54, 1.807) is 0 Å². The number of rotatable bonds is 8. The third-order valence-electron chi connectivity index (χ3n) is 3.92. The van der Waals surface area contributed by atoms with Crippen LogP contribution in [0.1, 0.15) is 25.0 Å². The molecule has 0 saturated heterocycles. The van der Waals surface area contributed by atoms with Crippen LogP contribution in [0.4, 0.5) is 26.3 Å². The van der Waals surface area contributed by atoms with Crippen LogP contribution in [0, 0.1) is 0 Å². The molecular formula is C20H18F6O6Sn. The molecule has 2 aromatic rings. The summed E-state index contributed by atoms with van der Waals surface area (Å²) in [5.41, 5.74) is 0.833. The van der Waals surface area contributed by atoms with Crippen molar-refractivity contribution in [1.82, 2.24) is 0 Å². The van der Waals surface area contributed by atoms with Crippen molar-refractivity contribution in [2.24, 2.45) is 0 Å².